The summed E-state index contributed by atoms with van der Waals surface area (Å²) in [4.78, 5) is 36.9. The van der Waals surface area contributed by atoms with Crippen LogP contribution < -0.4 is 5.32 Å². The summed E-state index contributed by atoms with van der Waals surface area (Å²) in [5, 5.41) is 19.4. The maximum atomic E-state index is 12.3. The Balaban J connectivity index is 1.10. The second-order valence-corrected chi connectivity index (χ2v) is 8.36. The number of carboxylic acids is 1. The Hall–Kier alpha value is -4.21. The highest BCUT2D eigenvalue weighted by Gasteiger charge is 2.37. The van der Waals surface area contributed by atoms with Gasteiger partial charge in [-0.3, -0.25) is 9.59 Å². The van der Waals surface area contributed by atoms with E-state index < -0.39 is 18.0 Å². The van der Waals surface area contributed by atoms with Gasteiger partial charge in [0, 0.05) is 25.6 Å². The first kappa shape index (κ1) is 21.6. The van der Waals surface area contributed by atoms with Crippen LogP contribution in [-0.2, 0) is 16.1 Å². The van der Waals surface area contributed by atoms with Gasteiger partial charge < -0.3 is 20.1 Å². The number of ether oxygens (including phenoxy) is 1. The molecule has 5 rings (SSSR count). The number of nitrogens with zero attached hydrogens (tertiary/aromatic N) is 4. The number of hydrogen-bond acceptors (Lipinski definition) is 6. The molecule has 1 saturated heterocycles. The lowest BCUT2D eigenvalue weighted by atomic mass is 9.98. The average Bonchev–Trinajstić information content (AvgIpc) is 3.39. The number of fused-ring (bicyclic) bond motifs is 3. The van der Waals surface area contributed by atoms with Crippen molar-refractivity contribution in [1.29, 1.82) is 0 Å². The first-order valence-corrected chi connectivity index (χ1v) is 11.0. The number of aromatic nitrogens is 3. The lowest BCUT2D eigenvalue weighted by molar-refractivity contribution is -0.146. The van der Waals surface area contributed by atoms with E-state index in [1.807, 2.05) is 24.3 Å². The van der Waals surface area contributed by atoms with Crippen LogP contribution in [0.25, 0.3) is 11.1 Å². The molecule has 2 aromatic carbocycles. The van der Waals surface area contributed by atoms with Gasteiger partial charge in [-0.2, -0.15) is 0 Å². The number of benzene rings is 2. The molecule has 1 fully saturated rings. The molecule has 10 heteroatoms. The number of amides is 2. The van der Waals surface area contributed by atoms with E-state index >= 15 is 0 Å². The van der Waals surface area contributed by atoms with Crippen molar-refractivity contribution < 1.29 is 24.2 Å². The van der Waals surface area contributed by atoms with Crippen LogP contribution in [0, 0.1) is 5.92 Å². The smallest absolute Gasteiger partial charge is 0.407 e. The van der Waals surface area contributed by atoms with E-state index in [-0.39, 0.29) is 43.8 Å². The summed E-state index contributed by atoms with van der Waals surface area (Å²) < 4.78 is 6.95. The number of alkyl carbamates (subject to hydrolysis) is 1. The van der Waals surface area contributed by atoms with Gasteiger partial charge in [0.05, 0.1) is 18.7 Å². The Morgan fingerprint density at radius 3 is 2.32 bits per heavy atom. The topological polar surface area (TPSA) is 127 Å². The number of carboxylic acid groups (broad SMARTS) is 1. The van der Waals surface area contributed by atoms with E-state index in [0.717, 1.165) is 11.1 Å². The third-order valence-electron chi connectivity index (χ3n) is 6.23. The van der Waals surface area contributed by atoms with Crippen LogP contribution in [0.15, 0.2) is 54.7 Å². The number of likely N-dealkylation sites (tertiary alicyclic amines) is 1. The summed E-state index contributed by atoms with van der Waals surface area (Å²) in [7, 11) is 0. The molecule has 0 spiro atoms. The fraction of sp³-hybridized carbons (Fsp3) is 0.292. The Morgan fingerprint density at radius 1 is 1.03 bits per heavy atom. The van der Waals surface area contributed by atoms with Gasteiger partial charge in [-0.1, -0.05) is 53.7 Å². The van der Waals surface area contributed by atoms with Gasteiger partial charge >= 0.3 is 12.1 Å². The van der Waals surface area contributed by atoms with E-state index in [1.54, 1.807) is 0 Å². The number of carbonyl (C=O) groups is 3. The maximum absolute atomic E-state index is 12.3. The minimum absolute atomic E-state index is 0.00994. The summed E-state index contributed by atoms with van der Waals surface area (Å²) in [5.41, 5.74) is 4.77. The minimum atomic E-state index is -0.910. The summed E-state index contributed by atoms with van der Waals surface area (Å²) in [6.45, 7) is 1.13. The van der Waals surface area contributed by atoms with Gasteiger partial charge in [0.15, 0.2) is 5.69 Å². The standard InChI is InChI=1S/C24H23N5O5/c30-22(28-11-15(12-28)23(31)32)21-13-29(27-26-21)10-9-25-24(33)34-14-20-18-7-3-1-5-16(18)17-6-2-4-8-19(17)20/h1-8,13,15,20H,9-12,14H2,(H,25,33)(H,31,32). The van der Waals surface area contributed by atoms with Crippen molar-refractivity contribution >= 4 is 18.0 Å². The third-order valence-corrected chi connectivity index (χ3v) is 6.23. The van der Waals surface area contributed by atoms with Crippen molar-refractivity contribution in [2.75, 3.05) is 26.2 Å². The van der Waals surface area contributed by atoms with Crippen LogP contribution in [0.3, 0.4) is 0 Å². The summed E-state index contributed by atoms with van der Waals surface area (Å²) in [6.07, 6.45) is 0.953. The SMILES string of the molecule is O=C(NCCn1cc(C(=O)N2CC(C(=O)O)C2)nn1)OCC1c2ccccc2-c2ccccc21. The third kappa shape index (κ3) is 4.09. The molecule has 0 radical (unpaired) electrons. The quantitative estimate of drug-likeness (QED) is 0.551. The monoisotopic (exact) mass is 461 g/mol. The van der Waals surface area contributed by atoms with Crippen molar-refractivity contribution in [3.63, 3.8) is 0 Å². The van der Waals surface area contributed by atoms with Crippen molar-refractivity contribution in [2.24, 2.45) is 5.92 Å². The Morgan fingerprint density at radius 2 is 1.68 bits per heavy atom. The first-order valence-electron chi connectivity index (χ1n) is 11.0. The van der Waals surface area contributed by atoms with Crippen LogP contribution in [0.1, 0.15) is 27.5 Å². The molecule has 0 atom stereocenters. The minimum Gasteiger partial charge on any atom is -0.481 e. The Bertz CT molecular complexity index is 1200. The zero-order valence-electron chi connectivity index (χ0n) is 18.3. The second-order valence-electron chi connectivity index (χ2n) is 8.36. The molecule has 2 aliphatic rings. The molecule has 1 aromatic heterocycles. The van der Waals surface area contributed by atoms with E-state index in [9.17, 15) is 14.4 Å². The zero-order chi connectivity index (χ0) is 23.7. The van der Waals surface area contributed by atoms with Crippen molar-refractivity contribution in [3.05, 3.63) is 71.5 Å². The molecule has 10 nitrogen and oxygen atoms in total. The van der Waals surface area contributed by atoms with Crippen LogP contribution in [0.4, 0.5) is 4.79 Å². The predicted octanol–water partition coefficient (Wildman–Crippen LogP) is 1.97. The van der Waals surface area contributed by atoms with Gasteiger partial charge in [-0.25, -0.2) is 9.48 Å². The predicted molar refractivity (Wildman–Crippen MR) is 120 cm³/mol. The van der Waals surface area contributed by atoms with Gasteiger partial charge in [0.1, 0.15) is 6.61 Å². The van der Waals surface area contributed by atoms with Crippen LogP contribution >= 0.6 is 0 Å². The van der Waals surface area contributed by atoms with Crippen LogP contribution in [0.5, 0.6) is 0 Å². The lowest BCUT2D eigenvalue weighted by Crippen LogP contribution is -2.53. The number of nitrogens with one attached hydrogen (secondary N) is 1. The number of hydrogen-bond donors (Lipinski definition) is 2. The number of aliphatic carboxylic acids is 1. The molecule has 2 N–H and O–H groups in total. The van der Waals surface area contributed by atoms with Gasteiger partial charge in [-0.05, 0) is 22.3 Å². The second kappa shape index (κ2) is 8.97. The summed E-state index contributed by atoms with van der Waals surface area (Å²) >= 11 is 0. The largest absolute Gasteiger partial charge is 0.481 e. The average molecular weight is 461 g/mol. The fourth-order valence-electron chi connectivity index (χ4n) is 4.39. The highest BCUT2D eigenvalue weighted by molar-refractivity contribution is 5.93. The summed E-state index contributed by atoms with van der Waals surface area (Å²) in [6, 6.07) is 16.3. The van der Waals surface area contributed by atoms with Gasteiger partial charge in [0.25, 0.3) is 5.91 Å². The molecular weight excluding hydrogens is 438 g/mol. The van der Waals surface area contributed by atoms with Crippen LogP contribution in [0.2, 0.25) is 0 Å². The number of carbonyl (C=O) groups excluding carboxylic acids is 2. The zero-order valence-corrected chi connectivity index (χ0v) is 18.3. The molecule has 3 aromatic rings. The number of rotatable bonds is 7. The molecule has 2 heterocycles. The molecule has 1 aliphatic heterocycles. The molecule has 174 valence electrons. The van der Waals surface area contributed by atoms with Crippen molar-refractivity contribution in [1.82, 2.24) is 25.2 Å². The molecule has 2 amide bonds. The Kier molecular flexibility index (Phi) is 5.70. The van der Waals surface area contributed by atoms with E-state index in [0.29, 0.717) is 6.54 Å². The molecule has 0 unspecified atom stereocenters. The van der Waals surface area contributed by atoms with Crippen LogP contribution in [-0.4, -0.2) is 69.2 Å². The maximum Gasteiger partial charge on any atom is 0.407 e. The molecule has 0 bridgehead atoms. The molecule has 0 saturated carbocycles. The molecule has 1 aliphatic carbocycles. The van der Waals surface area contributed by atoms with E-state index in [2.05, 4.69) is 39.9 Å². The first-order chi connectivity index (χ1) is 16.5. The summed E-state index contributed by atoms with van der Waals surface area (Å²) in [5.74, 6) is -1.80. The lowest BCUT2D eigenvalue weighted by Gasteiger charge is -2.35. The van der Waals surface area contributed by atoms with Crippen molar-refractivity contribution in [2.45, 2.75) is 12.5 Å². The Labute approximate surface area is 195 Å². The van der Waals surface area contributed by atoms with E-state index in [4.69, 9.17) is 9.84 Å². The van der Waals surface area contributed by atoms with Gasteiger partial charge in [0.2, 0.25) is 0 Å². The fourth-order valence-corrected chi connectivity index (χ4v) is 4.39. The normalized spacial score (nSPS) is 14.8. The highest BCUT2D eigenvalue weighted by Crippen LogP contribution is 2.44. The van der Waals surface area contributed by atoms with Crippen molar-refractivity contribution in [3.8, 4) is 11.1 Å². The molecular formula is C24H23N5O5. The van der Waals surface area contributed by atoms with E-state index in [1.165, 1.54) is 26.9 Å². The van der Waals surface area contributed by atoms with Gasteiger partial charge in [-0.15, -0.1) is 5.10 Å². The highest BCUT2D eigenvalue weighted by atomic mass is 16.5. The molecule has 34 heavy (non-hydrogen) atoms.